The van der Waals surface area contributed by atoms with Gasteiger partial charge in [0.25, 0.3) is 0 Å². The Morgan fingerprint density at radius 1 is 0.271 bits per heavy atom. The second-order valence-electron chi connectivity index (χ2n) is 13.5. The van der Waals surface area contributed by atoms with E-state index in [0.29, 0.717) is 0 Å². The smallest absolute Gasteiger partial charge is 0.000718 e. The largest absolute Gasteiger partial charge is 0.0622 e. The fraction of sp³-hybridized carbons (Fsp3) is 0.0833. The average Bonchev–Trinajstić information content (AvgIpc) is 3.45. The van der Waals surface area contributed by atoms with Crippen LogP contribution in [0.5, 0.6) is 0 Å². The summed E-state index contributed by atoms with van der Waals surface area (Å²) in [5, 5.41) is 5.25. The second-order valence-corrected chi connectivity index (χ2v) is 13.5. The monoisotopic (exact) mass is 612 g/mol. The van der Waals surface area contributed by atoms with E-state index in [1.807, 2.05) is 0 Å². The minimum atomic E-state index is 1.23. The molecular weight excluding hydrogens is 577 g/mol. The Morgan fingerprint density at radius 3 is 1.12 bits per heavy atom. The first-order valence-corrected chi connectivity index (χ1v) is 16.9. The molecule has 0 N–H and O–H groups in total. The molecule has 0 aromatic heterocycles. The van der Waals surface area contributed by atoms with Crippen molar-refractivity contribution in [2.24, 2.45) is 0 Å². The van der Waals surface area contributed by atoms with Gasteiger partial charge in [-0.3, -0.25) is 0 Å². The zero-order valence-corrected chi connectivity index (χ0v) is 27.9. The zero-order chi connectivity index (χ0) is 32.5. The fourth-order valence-electron chi connectivity index (χ4n) is 8.01. The Balaban J connectivity index is 1.61. The number of hydrogen-bond donors (Lipinski definition) is 0. The SMILES string of the molecule is Cc1ccc(-c2c3c(c(-c4ccc(C)c(C)c4)c4c(-c5ccccc5)ccc(-c5ccccc5)c24)-c2cccc4cccc-3c24)cc1C. The lowest BCUT2D eigenvalue weighted by molar-refractivity contribution is 1.34. The van der Waals surface area contributed by atoms with Gasteiger partial charge < -0.3 is 0 Å². The minimum Gasteiger partial charge on any atom is -0.0622 e. The number of fused-ring (bicyclic) bond motifs is 4. The third-order valence-corrected chi connectivity index (χ3v) is 10.7. The molecule has 0 radical (unpaired) electrons. The maximum atomic E-state index is 2.41. The first-order valence-electron chi connectivity index (χ1n) is 16.9. The summed E-state index contributed by atoms with van der Waals surface area (Å²) in [5.41, 5.74) is 20.7. The molecule has 9 rings (SSSR count). The highest BCUT2D eigenvalue weighted by Gasteiger charge is 2.32. The lowest BCUT2D eigenvalue weighted by Crippen LogP contribution is -1.98. The van der Waals surface area contributed by atoms with Gasteiger partial charge in [-0.25, -0.2) is 0 Å². The van der Waals surface area contributed by atoms with Crippen LogP contribution in [0.3, 0.4) is 0 Å². The highest BCUT2D eigenvalue weighted by molar-refractivity contribution is 6.31. The van der Waals surface area contributed by atoms with Crippen LogP contribution in [-0.2, 0) is 0 Å². The van der Waals surface area contributed by atoms with Gasteiger partial charge in [0.05, 0.1) is 0 Å². The van der Waals surface area contributed by atoms with Crippen LogP contribution in [0.25, 0.3) is 88.3 Å². The summed E-state index contributed by atoms with van der Waals surface area (Å²) in [4.78, 5) is 0. The summed E-state index contributed by atoms with van der Waals surface area (Å²) in [5.74, 6) is 0. The quantitative estimate of drug-likeness (QED) is 0.185. The van der Waals surface area contributed by atoms with Gasteiger partial charge in [-0.05, 0) is 138 Å². The van der Waals surface area contributed by atoms with E-state index in [-0.39, 0.29) is 0 Å². The highest BCUT2D eigenvalue weighted by atomic mass is 14.3. The molecule has 0 saturated heterocycles. The Labute approximate surface area is 283 Å². The summed E-state index contributed by atoms with van der Waals surface area (Å²) >= 11 is 0. The van der Waals surface area contributed by atoms with Crippen LogP contribution in [0.1, 0.15) is 22.3 Å². The van der Waals surface area contributed by atoms with Gasteiger partial charge in [0.1, 0.15) is 0 Å². The van der Waals surface area contributed by atoms with Crippen molar-refractivity contribution >= 4 is 21.5 Å². The summed E-state index contributed by atoms with van der Waals surface area (Å²) in [6.07, 6.45) is 0. The van der Waals surface area contributed by atoms with Crippen molar-refractivity contribution in [3.05, 3.63) is 168 Å². The lowest BCUT2D eigenvalue weighted by Gasteiger charge is -2.25. The number of aryl methyl sites for hydroxylation is 4. The van der Waals surface area contributed by atoms with Crippen molar-refractivity contribution in [3.63, 3.8) is 0 Å². The lowest BCUT2D eigenvalue weighted by atomic mass is 9.77. The van der Waals surface area contributed by atoms with Gasteiger partial charge in [-0.1, -0.05) is 146 Å². The normalized spacial score (nSPS) is 11.8. The number of benzene rings is 8. The van der Waals surface area contributed by atoms with Gasteiger partial charge in [0, 0.05) is 0 Å². The van der Waals surface area contributed by atoms with Crippen LogP contribution >= 0.6 is 0 Å². The Bertz CT molecular complexity index is 2390. The first-order chi connectivity index (χ1) is 23.5. The first kappa shape index (κ1) is 28.5. The average molecular weight is 613 g/mol. The Kier molecular flexibility index (Phi) is 6.49. The number of hydrogen-bond acceptors (Lipinski definition) is 0. The molecule has 0 bridgehead atoms. The molecule has 0 spiro atoms. The summed E-state index contributed by atoms with van der Waals surface area (Å²) in [6, 6.07) is 54.5. The van der Waals surface area contributed by atoms with Crippen LogP contribution in [-0.4, -0.2) is 0 Å². The maximum absolute atomic E-state index is 2.41. The van der Waals surface area contributed by atoms with Gasteiger partial charge in [-0.2, -0.15) is 0 Å². The molecule has 228 valence electrons. The van der Waals surface area contributed by atoms with E-state index in [4.69, 9.17) is 0 Å². The molecule has 0 unspecified atom stereocenters. The third kappa shape index (κ3) is 4.23. The second kappa shape index (κ2) is 10.9. The molecule has 8 aromatic rings. The molecule has 0 saturated carbocycles. The van der Waals surface area contributed by atoms with E-state index in [0.717, 1.165) is 0 Å². The fourth-order valence-corrected chi connectivity index (χ4v) is 8.01. The van der Waals surface area contributed by atoms with E-state index >= 15 is 0 Å². The molecular formula is C48H36. The van der Waals surface area contributed by atoms with Gasteiger partial charge in [0.15, 0.2) is 0 Å². The molecule has 0 heteroatoms. The summed E-state index contributed by atoms with van der Waals surface area (Å²) in [6.45, 7) is 8.91. The predicted molar refractivity (Wildman–Crippen MR) is 207 cm³/mol. The van der Waals surface area contributed by atoms with Crippen LogP contribution in [0.2, 0.25) is 0 Å². The van der Waals surface area contributed by atoms with Crippen LogP contribution in [0, 0.1) is 27.7 Å². The van der Waals surface area contributed by atoms with Crippen molar-refractivity contribution in [1.82, 2.24) is 0 Å². The summed E-state index contributed by atoms with van der Waals surface area (Å²) in [7, 11) is 0. The highest BCUT2D eigenvalue weighted by Crippen LogP contribution is 2.60. The van der Waals surface area contributed by atoms with Crippen molar-refractivity contribution in [2.45, 2.75) is 27.7 Å². The summed E-state index contributed by atoms with van der Waals surface area (Å²) < 4.78 is 0. The van der Waals surface area contributed by atoms with Crippen LogP contribution < -0.4 is 0 Å². The zero-order valence-electron chi connectivity index (χ0n) is 27.9. The molecule has 8 aromatic carbocycles. The molecule has 0 amide bonds. The maximum Gasteiger partial charge on any atom is -0.000718 e. The topological polar surface area (TPSA) is 0 Å². The van der Waals surface area contributed by atoms with Gasteiger partial charge in [-0.15, -0.1) is 0 Å². The molecule has 0 heterocycles. The van der Waals surface area contributed by atoms with Crippen molar-refractivity contribution in [3.8, 4) is 66.8 Å². The molecule has 0 nitrogen and oxygen atoms in total. The van der Waals surface area contributed by atoms with E-state index in [1.54, 1.807) is 0 Å². The van der Waals surface area contributed by atoms with E-state index < -0.39 is 0 Å². The van der Waals surface area contributed by atoms with E-state index in [9.17, 15) is 0 Å². The van der Waals surface area contributed by atoms with Gasteiger partial charge >= 0.3 is 0 Å². The van der Waals surface area contributed by atoms with Crippen molar-refractivity contribution in [1.29, 1.82) is 0 Å². The third-order valence-electron chi connectivity index (χ3n) is 10.7. The van der Waals surface area contributed by atoms with Crippen LogP contribution in [0.4, 0.5) is 0 Å². The standard InChI is InChI=1S/C48H36/c1-29-21-23-36(27-31(29)3)43-45-38(33-13-7-5-8-14-33)25-26-39(34-15-9-6-10-16-34)46(45)44(37-24-22-30(2)32(4)28-37)48-41-20-12-18-35-17-11-19-40(42(35)41)47(43)48/h5-28H,1-4H3. The van der Waals surface area contributed by atoms with Crippen molar-refractivity contribution in [2.75, 3.05) is 0 Å². The minimum absolute atomic E-state index is 1.23. The van der Waals surface area contributed by atoms with Gasteiger partial charge in [0.2, 0.25) is 0 Å². The molecule has 1 aliphatic rings. The number of rotatable bonds is 4. The molecule has 0 aliphatic heterocycles. The molecule has 0 fully saturated rings. The Morgan fingerprint density at radius 2 is 0.708 bits per heavy atom. The van der Waals surface area contributed by atoms with E-state index in [1.165, 1.54) is 111 Å². The molecule has 0 atom stereocenters. The van der Waals surface area contributed by atoms with Crippen molar-refractivity contribution < 1.29 is 0 Å². The van der Waals surface area contributed by atoms with E-state index in [2.05, 4.69) is 173 Å². The molecule has 48 heavy (non-hydrogen) atoms. The predicted octanol–water partition coefficient (Wildman–Crippen LogP) is 13.5. The Hall–Kier alpha value is -5.72. The van der Waals surface area contributed by atoms with Crippen LogP contribution in [0.15, 0.2) is 146 Å². The molecule has 1 aliphatic carbocycles.